The number of halogens is 5. The molecule has 0 aliphatic heterocycles. The van der Waals surface area contributed by atoms with E-state index < -0.39 is 17.6 Å². The lowest BCUT2D eigenvalue weighted by Gasteiger charge is -2.40. The van der Waals surface area contributed by atoms with E-state index in [4.69, 9.17) is 9.47 Å². The van der Waals surface area contributed by atoms with Crippen LogP contribution in [0.3, 0.4) is 0 Å². The second kappa shape index (κ2) is 5.89. The topological polar surface area (TPSA) is 18.5 Å². The normalized spacial score (nSPS) is 26.2. The SMILES string of the molecule is CCOC1C(Br)CC1Oc1ccc(F)c(C(F)(F)F)c1. The van der Waals surface area contributed by atoms with Crippen molar-refractivity contribution in [1.29, 1.82) is 0 Å². The van der Waals surface area contributed by atoms with Crippen LogP contribution in [0.15, 0.2) is 18.2 Å². The number of ether oxygens (including phenoxy) is 2. The predicted molar refractivity (Wildman–Crippen MR) is 68.6 cm³/mol. The molecular formula is C13H13BrF4O2. The lowest BCUT2D eigenvalue weighted by atomic mass is 9.91. The molecule has 0 amide bonds. The second-order valence-electron chi connectivity index (χ2n) is 4.47. The molecule has 7 heteroatoms. The maximum Gasteiger partial charge on any atom is 0.419 e. The first-order valence-electron chi connectivity index (χ1n) is 6.12. The Balaban J connectivity index is 2.11. The van der Waals surface area contributed by atoms with E-state index >= 15 is 0 Å². The molecule has 1 fully saturated rings. The van der Waals surface area contributed by atoms with Gasteiger partial charge in [0.2, 0.25) is 0 Å². The van der Waals surface area contributed by atoms with Crippen molar-refractivity contribution < 1.29 is 27.0 Å². The van der Waals surface area contributed by atoms with Crippen LogP contribution in [0.5, 0.6) is 5.75 Å². The largest absolute Gasteiger partial charge is 0.488 e. The molecule has 112 valence electrons. The average molecular weight is 357 g/mol. The van der Waals surface area contributed by atoms with Crippen LogP contribution < -0.4 is 4.74 Å². The fourth-order valence-corrected chi connectivity index (χ4v) is 2.88. The number of benzene rings is 1. The summed E-state index contributed by atoms with van der Waals surface area (Å²) in [6, 6.07) is 2.63. The highest BCUT2D eigenvalue weighted by Crippen LogP contribution is 2.37. The van der Waals surface area contributed by atoms with Gasteiger partial charge >= 0.3 is 6.18 Å². The highest BCUT2D eigenvalue weighted by Gasteiger charge is 2.42. The van der Waals surface area contributed by atoms with Gasteiger partial charge in [-0.1, -0.05) is 15.9 Å². The molecule has 0 N–H and O–H groups in total. The minimum Gasteiger partial charge on any atom is -0.488 e. The Hall–Kier alpha value is -0.820. The fraction of sp³-hybridized carbons (Fsp3) is 0.538. The van der Waals surface area contributed by atoms with Crippen LogP contribution in [-0.2, 0) is 10.9 Å². The van der Waals surface area contributed by atoms with Gasteiger partial charge in [0, 0.05) is 17.9 Å². The predicted octanol–water partition coefficient (Wildman–Crippen LogP) is 4.16. The van der Waals surface area contributed by atoms with Crippen LogP contribution in [-0.4, -0.2) is 23.6 Å². The number of alkyl halides is 4. The summed E-state index contributed by atoms with van der Waals surface area (Å²) in [6.07, 6.45) is -4.64. The zero-order valence-corrected chi connectivity index (χ0v) is 12.2. The highest BCUT2D eigenvalue weighted by atomic mass is 79.9. The van der Waals surface area contributed by atoms with Crippen LogP contribution in [0.4, 0.5) is 17.6 Å². The van der Waals surface area contributed by atoms with E-state index in [0.29, 0.717) is 19.1 Å². The molecule has 1 aromatic rings. The van der Waals surface area contributed by atoms with E-state index in [9.17, 15) is 17.6 Å². The van der Waals surface area contributed by atoms with Gasteiger partial charge in [-0.2, -0.15) is 13.2 Å². The molecule has 1 aliphatic carbocycles. The van der Waals surface area contributed by atoms with Gasteiger partial charge in [0.15, 0.2) is 0 Å². The summed E-state index contributed by atoms with van der Waals surface area (Å²) < 4.78 is 61.8. The fourth-order valence-electron chi connectivity index (χ4n) is 2.02. The zero-order valence-electron chi connectivity index (χ0n) is 10.6. The van der Waals surface area contributed by atoms with Crippen molar-refractivity contribution in [1.82, 2.24) is 0 Å². The Kier molecular flexibility index (Phi) is 4.59. The third-order valence-electron chi connectivity index (χ3n) is 3.07. The molecule has 0 bridgehead atoms. The standard InChI is InChI=1S/C13H13BrF4O2/c1-2-19-12-9(14)6-11(12)20-7-3-4-10(15)8(5-7)13(16,17)18/h3-5,9,11-12H,2,6H2,1H3. The van der Waals surface area contributed by atoms with Crippen molar-refractivity contribution in [3.05, 3.63) is 29.6 Å². The number of hydrogen-bond acceptors (Lipinski definition) is 2. The van der Waals surface area contributed by atoms with Gasteiger partial charge in [0.05, 0.1) is 5.56 Å². The molecule has 2 rings (SSSR count). The Bertz CT molecular complexity index is 478. The number of rotatable bonds is 4. The third kappa shape index (κ3) is 3.25. The maximum atomic E-state index is 13.2. The second-order valence-corrected chi connectivity index (χ2v) is 5.64. The monoisotopic (exact) mass is 356 g/mol. The lowest BCUT2D eigenvalue weighted by Crippen LogP contribution is -2.52. The summed E-state index contributed by atoms with van der Waals surface area (Å²) in [5.41, 5.74) is -1.32. The quantitative estimate of drug-likeness (QED) is 0.595. The molecule has 0 spiro atoms. The van der Waals surface area contributed by atoms with Gasteiger partial charge in [-0.05, 0) is 25.1 Å². The third-order valence-corrected chi connectivity index (χ3v) is 3.97. The van der Waals surface area contributed by atoms with Crippen molar-refractivity contribution in [2.45, 2.75) is 36.6 Å². The summed E-state index contributed by atoms with van der Waals surface area (Å²) in [7, 11) is 0. The van der Waals surface area contributed by atoms with Crippen molar-refractivity contribution in [3.63, 3.8) is 0 Å². The van der Waals surface area contributed by atoms with Crippen LogP contribution in [0.1, 0.15) is 18.9 Å². The summed E-state index contributed by atoms with van der Waals surface area (Å²) in [6.45, 7) is 2.32. The zero-order chi connectivity index (χ0) is 14.9. The molecule has 3 unspecified atom stereocenters. The molecule has 0 saturated heterocycles. The lowest BCUT2D eigenvalue weighted by molar-refractivity contribution is -0.140. The Morgan fingerprint density at radius 3 is 2.60 bits per heavy atom. The van der Waals surface area contributed by atoms with Crippen molar-refractivity contribution in [2.24, 2.45) is 0 Å². The Labute approximate surface area is 122 Å². The van der Waals surface area contributed by atoms with E-state index in [0.717, 1.165) is 6.07 Å². The smallest absolute Gasteiger partial charge is 0.419 e. The van der Waals surface area contributed by atoms with E-state index in [1.807, 2.05) is 6.92 Å². The molecular weight excluding hydrogens is 344 g/mol. The molecule has 1 aromatic carbocycles. The van der Waals surface area contributed by atoms with E-state index in [2.05, 4.69) is 15.9 Å². The van der Waals surface area contributed by atoms with Gasteiger partial charge in [-0.15, -0.1) is 0 Å². The Morgan fingerprint density at radius 2 is 2.05 bits per heavy atom. The molecule has 1 aliphatic rings. The molecule has 0 aromatic heterocycles. The first-order valence-corrected chi connectivity index (χ1v) is 7.03. The number of hydrogen-bond donors (Lipinski definition) is 0. The van der Waals surface area contributed by atoms with Gasteiger partial charge in [0.1, 0.15) is 23.8 Å². The molecule has 3 atom stereocenters. The highest BCUT2D eigenvalue weighted by molar-refractivity contribution is 9.09. The van der Waals surface area contributed by atoms with Crippen LogP contribution >= 0.6 is 15.9 Å². The first kappa shape index (κ1) is 15.6. The van der Waals surface area contributed by atoms with Gasteiger partial charge in [0.25, 0.3) is 0 Å². The van der Waals surface area contributed by atoms with Gasteiger partial charge in [-0.3, -0.25) is 0 Å². The van der Waals surface area contributed by atoms with Gasteiger partial charge < -0.3 is 9.47 Å². The maximum absolute atomic E-state index is 13.2. The van der Waals surface area contributed by atoms with E-state index in [1.54, 1.807) is 0 Å². The first-order chi connectivity index (χ1) is 9.32. The van der Waals surface area contributed by atoms with Crippen LogP contribution in [0, 0.1) is 5.82 Å². The minimum atomic E-state index is -4.74. The summed E-state index contributed by atoms with van der Waals surface area (Å²) >= 11 is 3.39. The molecule has 2 nitrogen and oxygen atoms in total. The van der Waals surface area contributed by atoms with Crippen LogP contribution in [0.25, 0.3) is 0 Å². The summed E-state index contributed by atoms with van der Waals surface area (Å²) in [4.78, 5) is 0.120. The molecule has 0 heterocycles. The van der Waals surface area contributed by atoms with Crippen molar-refractivity contribution in [3.8, 4) is 5.75 Å². The Morgan fingerprint density at radius 1 is 1.35 bits per heavy atom. The molecule has 1 saturated carbocycles. The van der Waals surface area contributed by atoms with Crippen molar-refractivity contribution >= 4 is 15.9 Å². The molecule has 0 radical (unpaired) electrons. The minimum absolute atomic E-state index is 0.00664. The summed E-state index contributed by atoms with van der Waals surface area (Å²) in [5, 5.41) is 0. The van der Waals surface area contributed by atoms with Crippen LogP contribution in [0.2, 0.25) is 0 Å². The van der Waals surface area contributed by atoms with Crippen molar-refractivity contribution in [2.75, 3.05) is 6.61 Å². The van der Waals surface area contributed by atoms with E-state index in [-0.39, 0.29) is 22.8 Å². The summed E-state index contributed by atoms with van der Waals surface area (Å²) in [5.74, 6) is -1.31. The van der Waals surface area contributed by atoms with Gasteiger partial charge in [-0.25, -0.2) is 4.39 Å². The van der Waals surface area contributed by atoms with E-state index in [1.165, 1.54) is 6.07 Å². The molecule has 20 heavy (non-hydrogen) atoms. The average Bonchev–Trinajstić information content (AvgIpc) is 2.36.